The van der Waals surface area contributed by atoms with Crippen molar-refractivity contribution in [1.29, 1.82) is 0 Å². The molecule has 0 radical (unpaired) electrons. The maximum Gasteiger partial charge on any atom is 0.174 e. The van der Waals surface area contributed by atoms with E-state index in [1.54, 1.807) is 6.33 Å². The van der Waals surface area contributed by atoms with Gasteiger partial charge < -0.3 is 4.98 Å². The Morgan fingerprint density at radius 3 is 3.09 bits per heavy atom. The fourth-order valence-electron chi connectivity index (χ4n) is 0.949. The molecule has 3 nitrogen and oxygen atoms in total. The number of halogens is 2. The third-order valence-corrected chi connectivity index (χ3v) is 2.34. The zero-order valence-corrected chi connectivity index (χ0v) is 6.97. The van der Waals surface area contributed by atoms with Crippen LogP contribution in [-0.2, 0) is 0 Å². The van der Waals surface area contributed by atoms with Gasteiger partial charge in [-0.25, -0.2) is 9.98 Å². The molecule has 1 aromatic rings. The maximum atomic E-state index is 5.82. The van der Waals surface area contributed by atoms with Gasteiger partial charge in [-0.15, -0.1) is 11.6 Å². The Morgan fingerprint density at radius 2 is 2.27 bits per heavy atom. The topological polar surface area (TPSA) is 41.0 Å². The van der Waals surface area contributed by atoms with Gasteiger partial charge >= 0.3 is 0 Å². The molecular weight excluding hydrogens is 185 g/mol. The predicted octanol–water partition coefficient (Wildman–Crippen LogP) is -0.00430. The molecule has 5 heteroatoms. The number of H-pyrrole nitrogens is 1. The van der Waals surface area contributed by atoms with Crippen LogP contribution in [0.4, 0.5) is 0 Å². The van der Waals surface area contributed by atoms with E-state index in [4.69, 9.17) is 23.2 Å². The molecule has 0 aromatic carbocycles. The van der Waals surface area contributed by atoms with Crippen molar-refractivity contribution >= 4 is 29.3 Å². The van der Waals surface area contributed by atoms with Crippen LogP contribution in [0.15, 0.2) is 11.3 Å². The van der Waals surface area contributed by atoms with E-state index in [1.165, 1.54) is 0 Å². The molecule has 0 amide bonds. The van der Waals surface area contributed by atoms with Crippen molar-refractivity contribution in [3.05, 3.63) is 17.2 Å². The number of hydrogen-bond acceptors (Lipinski definition) is 2. The second-order valence-corrected chi connectivity index (χ2v) is 3.20. The fraction of sp³-hybridized carbons (Fsp3) is 0.333. The van der Waals surface area contributed by atoms with Gasteiger partial charge in [-0.05, 0) is 6.08 Å². The Kier molecular flexibility index (Phi) is 1.62. The lowest BCUT2D eigenvalue weighted by Gasteiger charge is -2.08. The van der Waals surface area contributed by atoms with Crippen molar-refractivity contribution in [3.63, 3.8) is 0 Å². The molecule has 1 N–H and O–H groups in total. The van der Waals surface area contributed by atoms with Crippen LogP contribution >= 0.6 is 23.2 Å². The third-order valence-electron chi connectivity index (χ3n) is 1.48. The smallest absolute Gasteiger partial charge is 0.174 e. The lowest BCUT2D eigenvalue weighted by Crippen LogP contribution is -2.34. The Balaban J connectivity index is 2.69. The van der Waals surface area contributed by atoms with E-state index >= 15 is 0 Å². The van der Waals surface area contributed by atoms with Gasteiger partial charge in [0, 0.05) is 0 Å². The molecule has 2 atom stereocenters. The van der Waals surface area contributed by atoms with Crippen LogP contribution in [0.5, 0.6) is 0 Å². The second kappa shape index (κ2) is 2.50. The molecule has 0 spiro atoms. The molecule has 1 aliphatic rings. The van der Waals surface area contributed by atoms with Gasteiger partial charge in [-0.1, -0.05) is 11.6 Å². The summed E-state index contributed by atoms with van der Waals surface area (Å²) >= 11 is 11.6. The second-order valence-electron chi connectivity index (χ2n) is 2.25. The van der Waals surface area contributed by atoms with Gasteiger partial charge in [0.25, 0.3) is 0 Å². The fourth-order valence-corrected chi connectivity index (χ4v) is 1.30. The normalized spacial score (nSPS) is 28.5. The minimum atomic E-state index is -0.396. The summed E-state index contributed by atoms with van der Waals surface area (Å²) < 4.78 is 0. The van der Waals surface area contributed by atoms with Crippen LogP contribution in [0.2, 0.25) is 0 Å². The number of nitrogens with one attached hydrogen (secondary N) is 1. The zero-order chi connectivity index (χ0) is 7.84. The van der Waals surface area contributed by atoms with Crippen LogP contribution in [-0.4, -0.2) is 20.8 Å². The molecule has 2 rings (SSSR count). The minimum absolute atomic E-state index is 0.246. The Bertz CT molecular complexity index is 335. The first-order valence-electron chi connectivity index (χ1n) is 3.14. The summed E-state index contributed by atoms with van der Waals surface area (Å²) in [4.78, 5) is 10.9. The number of aromatic amines is 1. The molecule has 2 unspecified atom stereocenters. The summed E-state index contributed by atoms with van der Waals surface area (Å²) in [6.45, 7) is 0. The van der Waals surface area contributed by atoms with Gasteiger partial charge in [0.1, 0.15) is 5.50 Å². The Hall–Kier alpha value is -0.540. The van der Waals surface area contributed by atoms with Crippen molar-refractivity contribution in [1.82, 2.24) is 9.97 Å². The highest BCUT2D eigenvalue weighted by molar-refractivity contribution is 6.32. The first-order valence-corrected chi connectivity index (χ1v) is 4.02. The molecule has 0 bridgehead atoms. The van der Waals surface area contributed by atoms with E-state index < -0.39 is 5.50 Å². The number of hydrogen-bond donors (Lipinski definition) is 1. The summed E-state index contributed by atoms with van der Waals surface area (Å²) in [5.41, 5.74) is 0.245. The van der Waals surface area contributed by atoms with Crippen LogP contribution in [0.3, 0.4) is 0 Å². The molecule has 0 fully saturated rings. The van der Waals surface area contributed by atoms with E-state index in [9.17, 15) is 0 Å². The Morgan fingerprint density at radius 1 is 1.45 bits per heavy atom. The van der Waals surface area contributed by atoms with Crippen LogP contribution in [0.25, 0.3) is 6.08 Å². The number of rotatable bonds is 0. The summed E-state index contributed by atoms with van der Waals surface area (Å²) in [5, 5.41) is 0.603. The van der Waals surface area contributed by atoms with E-state index in [0.717, 1.165) is 5.35 Å². The molecule has 1 aromatic heterocycles. The molecule has 2 heterocycles. The first-order chi connectivity index (χ1) is 5.27. The third kappa shape index (κ3) is 1.14. The van der Waals surface area contributed by atoms with E-state index in [1.807, 2.05) is 6.08 Å². The lowest BCUT2D eigenvalue weighted by atomic mass is 10.3. The van der Waals surface area contributed by atoms with Gasteiger partial charge in [-0.2, -0.15) is 0 Å². The molecule has 58 valence electrons. The summed E-state index contributed by atoms with van der Waals surface area (Å²) in [6, 6.07) is 0. The highest BCUT2D eigenvalue weighted by atomic mass is 35.5. The highest BCUT2D eigenvalue weighted by Gasteiger charge is 2.16. The predicted molar refractivity (Wildman–Crippen MR) is 43.1 cm³/mol. The van der Waals surface area contributed by atoms with Crippen molar-refractivity contribution in [2.24, 2.45) is 4.99 Å². The van der Waals surface area contributed by atoms with Gasteiger partial charge in [0.15, 0.2) is 5.49 Å². The van der Waals surface area contributed by atoms with Gasteiger partial charge in [-0.3, -0.25) is 0 Å². The minimum Gasteiger partial charge on any atom is -0.343 e. The molecule has 0 saturated heterocycles. The molecule has 0 saturated carbocycles. The zero-order valence-electron chi connectivity index (χ0n) is 5.46. The van der Waals surface area contributed by atoms with Gasteiger partial charge in [0.2, 0.25) is 0 Å². The molecule has 0 aliphatic carbocycles. The van der Waals surface area contributed by atoms with E-state index in [0.29, 0.717) is 5.49 Å². The highest BCUT2D eigenvalue weighted by Crippen LogP contribution is 2.12. The number of fused-ring (bicyclic) bond motifs is 1. The largest absolute Gasteiger partial charge is 0.343 e. The van der Waals surface area contributed by atoms with Crippen LogP contribution < -0.4 is 10.8 Å². The first kappa shape index (κ1) is 7.13. The lowest BCUT2D eigenvalue weighted by molar-refractivity contribution is 0.869. The SMILES string of the molecule is ClC1C=c2[nH]cnc2=NC1Cl. The average Bonchev–Trinajstić information content (AvgIpc) is 2.36. The van der Waals surface area contributed by atoms with Crippen molar-refractivity contribution < 1.29 is 0 Å². The van der Waals surface area contributed by atoms with Crippen molar-refractivity contribution in [2.45, 2.75) is 10.9 Å². The maximum absolute atomic E-state index is 5.82. The summed E-state index contributed by atoms with van der Waals surface area (Å²) in [6.07, 6.45) is 3.39. The average molecular weight is 190 g/mol. The standard InChI is InChI=1S/C6H5Cl2N3/c7-3-1-4-6(10-2-9-4)11-5(3)8/h1-3,5H,(H,9,10,11). The van der Waals surface area contributed by atoms with E-state index in [-0.39, 0.29) is 5.38 Å². The molecule has 1 aliphatic heterocycles. The Labute approximate surface area is 72.8 Å². The number of alkyl halides is 2. The monoisotopic (exact) mass is 189 g/mol. The molecular formula is C6H5Cl2N3. The van der Waals surface area contributed by atoms with Crippen LogP contribution in [0.1, 0.15) is 0 Å². The quantitative estimate of drug-likeness (QED) is 0.453. The molecule has 11 heavy (non-hydrogen) atoms. The number of aromatic nitrogens is 2. The summed E-state index contributed by atoms with van der Waals surface area (Å²) in [5.74, 6) is 0. The van der Waals surface area contributed by atoms with Crippen LogP contribution in [0, 0.1) is 0 Å². The van der Waals surface area contributed by atoms with Crippen molar-refractivity contribution in [3.8, 4) is 0 Å². The number of imidazole rings is 1. The van der Waals surface area contributed by atoms with Gasteiger partial charge in [0.05, 0.1) is 17.1 Å². The summed E-state index contributed by atoms with van der Waals surface area (Å²) in [7, 11) is 0. The number of nitrogens with zero attached hydrogens (tertiary/aromatic N) is 2. The van der Waals surface area contributed by atoms with Crippen molar-refractivity contribution in [2.75, 3.05) is 0 Å². The van der Waals surface area contributed by atoms with E-state index in [2.05, 4.69) is 15.0 Å².